The number of hydrogen-bond donors (Lipinski definition) is 1. The highest BCUT2D eigenvalue weighted by Crippen LogP contribution is 2.33. The van der Waals surface area contributed by atoms with Crippen molar-refractivity contribution >= 4 is 5.69 Å². The lowest BCUT2D eigenvalue weighted by molar-refractivity contribution is -0.385. The number of aliphatic hydroxyl groups excluding tert-OH is 1. The highest BCUT2D eigenvalue weighted by molar-refractivity contribution is 5.52. The molecular formula is C10H11NO4. The van der Waals surface area contributed by atoms with Crippen LogP contribution in [0.5, 0.6) is 5.75 Å². The van der Waals surface area contributed by atoms with Crippen LogP contribution in [0.2, 0.25) is 0 Å². The van der Waals surface area contributed by atoms with Gasteiger partial charge in [0.1, 0.15) is 12.4 Å². The predicted octanol–water partition coefficient (Wildman–Crippen LogP) is 1.20. The molecule has 1 atom stereocenters. The summed E-state index contributed by atoms with van der Waals surface area (Å²) in [6.07, 6.45) is -0.152. The van der Waals surface area contributed by atoms with E-state index < -0.39 is 11.0 Å². The molecule has 2 rings (SSSR count). The van der Waals surface area contributed by atoms with Crippen molar-refractivity contribution in [2.75, 3.05) is 6.61 Å². The van der Waals surface area contributed by atoms with Gasteiger partial charge in [-0.1, -0.05) is 0 Å². The van der Waals surface area contributed by atoms with E-state index in [-0.39, 0.29) is 12.3 Å². The van der Waals surface area contributed by atoms with Gasteiger partial charge >= 0.3 is 0 Å². The van der Waals surface area contributed by atoms with Gasteiger partial charge in [-0.25, -0.2) is 0 Å². The van der Waals surface area contributed by atoms with Crippen LogP contribution in [0.4, 0.5) is 5.69 Å². The highest BCUT2D eigenvalue weighted by Gasteiger charge is 2.24. The molecule has 15 heavy (non-hydrogen) atoms. The van der Waals surface area contributed by atoms with Gasteiger partial charge < -0.3 is 9.84 Å². The first kappa shape index (κ1) is 9.92. The predicted molar refractivity (Wildman–Crippen MR) is 53.0 cm³/mol. The van der Waals surface area contributed by atoms with E-state index in [1.54, 1.807) is 13.0 Å². The Bertz CT molecular complexity index is 416. The Labute approximate surface area is 86.4 Å². The molecule has 0 saturated carbocycles. The molecular weight excluding hydrogens is 198 g/mol. The lowest BCUT2D eigenvalue weighted by atomic mass is 9.98. The average molecular weight is 209 g/mol. The van der Waals surface area contributed by atoms with Crippen LogP contribution in [0.3, 0.4) is 0 Å². The molecule has 1 N–H and O–H groups in total. The zero-order chi connectivity index (χ0) is 11.0. The fraction of sp³-hybridized carbons (Fsp3) is 0.400. The minimum absolute atomic E-state index is 0.0754. The van der Waals surface area contributed by atoms with Crippen LogP contribution in [0.25, 0.3) is 0 Å². The fourth-order valence-corrected chi connectivity index (χ4v) is 1.79. The largest absolute Gasteiger partial charge is 0.491 e. The van der Waals surface area contributed by atoms with E-state index in [0.29, 0.717) is 17.7 Å². The maximum atomic E-state index is 10.7. The molecule has 0 aromatic heterocycles. The summed E-state index contributed by atoms with van der Waals surface area (Å²) in [5, 5.41) is 20.1. The standard InChI is InChI=1S/C10H11NO4/c1-6-8-4-7(12)5-15-10(8)3-2-9(6)11(13)14/h2-3,7,12H,4-5H2,1H3. The van der Waals surface area contributed by atoms with Gasteiger partial charge in [-0.15, -0.1) is 0 Å². The van der Waals surface area contributed by atoms with E-state index in [9.17, 15) is 15.2 Å². The van der Waals surface area contributed by atoms with E-state index in [1.165, 1.54) is 6.07 Å². The molecule has 1 aliphatic heterocycles. The van der Waals surface area contributed by atoms with Crippen LogP contribution in [0.15, 0.2) is 12.1 Å². The molecule has 1 aromatic carbocycles. The number of ether oxygens (including phenoxy) is 1. The van der Waals surface area contributed by atoms with Crippen molar-refractivity contribution in [1.82, 2.24) is 0 Å². The summed E-state index contributed by atoms with van der Waals surface area (Å²) in [4.78, 5) is 10.3. The Morgan fingerprint density at radius 1 is 1.60 bits per heavy atom. The molecule has 0 radical (unpaired) electrons. The van der Waals surface area contributed by atoms with Crippen molar-refractivity contribution in [1.29, 1.82) is 0 Å². The molecule has 0 aliphatic carbocycles. The van der Waals surface area contributed by atoms with E-state index in [0.717, 1.165) is 5.56 Å². The van der Waals surface area contributed by atoms with Gasteiger partial charge in [0.05, 0.1) is 11.0 Å². The topological polar surface area (TPSA) is 72.6 Å². The smallest absolute Gasteiger partial charge is 0.272 e. The molecule has 0 fully saturated rings. The van der Waals surface area contributed by atoms with Crippen molar-refractivity contribution in [3.63, 3.8) is 0 Å². The summed E-state index contributed by atoms with van der Waals surface area (Å²) < 4.78 is 5.28. The normalized spacial score (nSPS) is 19.2. The second kappa shape index (κ2) is 3.51. The number of nitro groups is 1. The quantitative estimate of drug-likeness (QED) is 0.557. The number of nitro benzene ring substituents is 1. The minimum atomic E-state index is -0.571. The first-order valence-corrected chi connectivity index (χ1v) is 4.67. The van der Waals surface area contributed by atoms with Crippen LogP contribution < -0.4 is 4.74 Å². The SMILES string of the molecule is Cc1c([N+](=O)[O-])ccc2c1CC(O)CO2. The summed E-state index contributed by atoms with van der Waals surface area (Å²) >= 11 is 0. The van der Waals surface area contributed by atoms with Crippen molar-refractivity contribution in [2.45, 2.75) is 19.4 Å². The number of rotatable bonds is 1. The molecule has 0 spiro atoms. The zero-order valence-corrected chi connectivity index (χ0v) is 8.27. The monoisotopic (exact) mass is 209 g/mol. The number of hydrogen-bond acceptors (Lipinski definition) is 4. The molecule has 5 nitrogen and oxygen atoms in total. The molecule has 0 amide bonds. The molecule has 1 aliphatic rings. The van der Waals surface area contributed by atoms with Gasteiger partial charge in [0.2, 0.25) is 0 Å². The second-order valence-corrected chi connectivity index (χ2v) is 3.61. The van der Waals surface area contributed by atoms with Crippen molar-refractivity contribution in [3.05, 3.63) is 33.4 Å². The van der Waals surface area contributed by atoms with E-state index in [4.69, 9.17) is 4.74 Å². The molecule has 1 heterocycles. The van der Waals surface area contributed by atoms with Gasteiger partial charge in [-0.05, 0) is 13.0 Å². The number of aliphatic hydroxyl groups is 1. The summed E-state index contributed by atoms with van der Waals surface area (Å²) in [5.41, 5.74) is 1.39. The third-order valence-corrected chi connectivity index (χ3v) is 2.59. The van der Waals surface area contributed by atoms with Crippen LogP contribution in [0, 0.1) is 17.0 Å². The van der Waals surface area contributed by atoms with Crippen LogP contribution in [-0.2, 0) is 6.42 Å². The Balaban J connectivity index is 2.51. The van der Waals surface area contributed by atoms with E-state index in [1.807, 2.05) is 0 Å². The van der Waals surface area contributed by atoms with Gasteiger partial charge in [0.25, 0.3) is 5.69 Å². The maximum absolute atomic E-state index is 10.7. The first-order chi connectivity index (χ1) is 7.09. The maximum Gasteiger partial charge on any atom is 0.272 e. The Kier molecular flexibility index (Phi) is 2.32. The van der Waals surface area contributed by atoms with Crippen LogP contribution >= 0.6 is 0 Å². The lowest BCUT2D eigenvalue weighted by Crippen LogP contribution is -2.26. The molecule has 0 bridgehead atoms. The van der Waals surface area contributed by atoms with Crippen LogP contribution in [-0.4, -0.2) is 22.7 Å². The summed E-state index contributed by atoms with van der Waals surface area (Å²) in [6.45, 7) is 1.93. The first-order valence-electron chi connectivity index (χ1n) is 4.67. The Morgan fingerprint density at radius 2 is 2.33 bits per heavy atom. The van der Waals surface area contributed by atoms with Gasteiger partial charge in [0, 0.05) is 23.6 Å². The average Bonchev–Trinajstić information content (AvgIpc) is 2.19. The highest BCUT2D eigenvalue weighted by atomic mass is 16.6. The lowest BCUT2D eigenvalue weighted by Gasteiger charge is -2.22. The fourth-order valence-electron chi connectivity index (χ4n) is 1.79. The third kappa shape index (κ3) is 1.66. The van der Waals surface area contributed by atoms with Crippen molar-refractivity contribution in [3.8, 4) is 5.75 Å². The van der Waals surface area contributed by atoms with Gasteiger partial charge in [-0.2, -0.15) is 0 Å². The molecule has 5 heteroatoms. The third-order valence-electron chi connectivity index (χ3n) is 2.59. The molecule has 0 saturated heterocycles. The van der Waals surface area contributed by atoms with E-state index >= 15 is 0 Å². The van der Waals surface area contributed by atoms with Crippen molar-refractivity contribution in [2.24, 2.45) is 0 Å². The Hall–Kier alpha value is -1.62. The summed E-state index contributed by atoms with van der Waals surface area (Å²) in [7, 11) is 0. The van der Waals surface area contributed by atoms with E-state index in [2.05, 4.69) is 0 Å². The zero-order valence-electron chi connectivity index (χ0n) is 8.27. The van der Waals surface area contributed by atoms with Crippen molar-refractivity contribution < 1.29 is 14.8 Å². The van der Waals surface area contributed by atoms with Gasteiger partial charge in [0.15, 0.2) is 0 Å². The number of nitrogens with zero attached hydrogens (tertiary/aromatic N) is 1. The summed E-state index contributed by atoms with van der Waals surface area (Å²) in [6, 6.07) is 3.03. The summed E-state index contributed by atoms with van der Waals surface area (Å²) in [5.74, 6) is 0.642. The molecule has 80 valence electrons. The van der Waals surface area contributed by atoms with Crippen LogP contribution in [0.1, 0.15) is 11.1 Å². The molecule has 1 aromatic rings. The second-order valence-electron chi connectivity index (χ2n) is 3.61. The minimum Gasteiger partial charge on any atom is -0.491 e. The molecule has 1 unspecified atom stereocenters. The van der Waals surface area contributed by atoms with Gasteiger partial charge in [-0.3, -0.25) is 10.1 Å². The Morgan fingerprint density at radius 3 is 3.00 bits per heavy atom. The number of fused-ring (bicyclic) bond motifs is 1. The number of benzene rings is 1.